The van der Waals surface area contributed by atoms with E-state index in [1.165, 1.54) is 30.4 Å². The zero-order valence-electron chi connectivity index (χ0n) is 27.1. The minimum absolute atomic E-state index is 0. The van der Waals surface area contributed by atoms with Gasteiger partial charge in [0.15, 0.2) is 11.5 Å². The lowest BCUT2D eigenvalue weighted by molar-refractivity contribution is -0.384. The van der Waals surface area contributed by atoms with Gasteiger partial charge in [-0.15, -0.1) is 24.8 Å². The first-order valence-electron chi connectivity index (χ1n) is 16.3. The highest BCUT2D eigenvalue weighted by molar-refractivity contribution is 5.85. The van der Waals surface area contributed by atoms with Crippen molar-refractivity contribution in [3.8, 4) is 11.5 Å². The Labute approximate surface area is 291 Å². The standard InChI is InChI=1S/C38H45N3O4.2ClH/c1-2-3-4-11-26-40(39-25-24-30-16-19-34(20-17-30)41(42)43)35-21-22-36-33(27-35)18-23-37(44-28-31-12-7-5-8-13-31)38(36)45-29-32-14-9-6-10-15-32;;/h5-10,12-20,23,35,39H,2-4,11,21-22,24-29H2,1H3;2*1H. The van der Waals surface area contributed by atoms with E-state index in [1.807, 2.05) is 48.5 Å². The highest BCUT2D eigenvalue weighted by Gasteiger charge is 2.28. The minimum Gasteiger partial charge on any atom is -0.485 e. The molecule has 1 atom stereocenters. The van der Waals surface area contributed by atoms with E-state index in [-0.39, 0.29) is 35.4 Å². The van der Waals surface area contributed by atoms with Gasteiger partial charge in [0.2, 0.25) is 0 Å². The zero-order valence-corrected chi connectivity index (χ0v) is 28.8. The Bertz CT molecular complexity index is 1490. The molecule has 1 aliphatic rings. The summed E-state index contributed by atoms with van der Waals surface area (Å²) in [4.78, 5) is 10.7. The lowest BCUT2D eigenvalue weighted by Crippen LogP contribution is -2.49. The number of fused-ring (bicyclic) bond motifs is 1. The first-order chi connectivity index (χ1) is 22.1. The van der Waals surface area contributed by atoms with Crippen LogP contribution in [0.5, 0.6) is 11.5 Å². The van der Waals surface area contributed by atoms with Gasteiger partial charge in [0.25, 0.3) is 5.69 Å². The van der Waals surface area contributed by atoms with Gasteiger partial charge in [-0.3, -0.25) is 15.5 Å². The number of hydrogen-bond donors (Lipinski definition) is 1. The Hall–Kier alpha value is -3.62. The Kier molecular flexibility index (Phi) is 16.0. The van der Waals surface area contributed by atoms with Gasteiger partial charge in [-0.05, 0) is 60.4 Å². The van der Waals surface area contributed by atoms with Crippen molar-refractivity contribution in [3.05, 3.63) is 135 Å². The van der Waals surface area contributed by atoms with E-state index >= 15 is 0 Å². The summed E-state index contributed by atoms with van der Waals surface area (Å²) in [5.41, 5.74) is 9.79. The predicted molar refractivity (Wildman–Crippen MR) is 194 cm³/mol. The predicted octanol–water partition coefficient (Wildman–Crippen LogP) is 9.08. The number of nitro benzene ring substituents is 1. The average molecular weight is 681 g/mol. The number of nitro groups is 1. The number of nitrogens with one attached hydrogen (secondary N) is 1. The molecule has 9 heteroatoms. The van der Waals surface area contributed by atoms with Crippen LogP contribution in [0.15, 0.2) is 97.1 Å². The molecule has 0 aromatic heterocycles. The number of hydrazine groups is 1. The van der Waals surface area contributed by atoms with Crippen LogP contribution in [0.1, 0.15) is 66.8 Å². The SMILES string of the molecule is CCCCCCN(NCCc1ccc([N+](=O)[O-])cc1)C1CCc2c(ccc(OCc3ccccc3)c2OCc2ccccc2)C1.Cl.Cl. The molecule has 7 nitrogen and oxygen atoms in total. The maximum Gasteiger partial charge on any atom is 0.269 e. The van der Waals surface area contributed by atoms with Crippen LogP contribution < -0.4 is 14.9 Å². The van der Waals surface area contributed by atoms with Crippen molar-refractivity contribution in [2.24, 2.45) is 0 Å². The second-order valence-electron chi connectivity index (χ2n) is 11.8. The molecule has 0 bridgehead atoms. The fourth-order valence-electron chi connectivity index (χ4n) is 6.01. The molecular formula is C38H47Cl2N3O4. The molecule has 5 rings (SSSR count). The highest BCUT2D eigenvalue weighted by atomic mass is 35.5. The lowest BCUT2D eigenvalue weighted by atomic mass is 9.87. The van der Waals surface area contributed by atoms with Crippen LogP contribution in [0.3, 0.4) is 0 Å². The molecule has 252 valence electrons. The minimum atomic E-state index is -0.350. The van der Waals surface area contributed by atoms with Gasteiger partial charge in [-0.1, -0.05) is 105 Å². The molecule has 0 saturated carbocycles. The number of non-ortho nitro benzene ring substituents is 1. The molecule has 0 amide bonds. The van der Waals surface area contributed by atoms with E-state index in [9.17, 15) is 10.1 Å². The van der Waals surface area contributed by atoms with Crippen LogP contribution in [0.4, 0.5) is 5.69 Å². The van der Waals surface area contributed by atoms with E-state index in [2.05, 4.69) is 53.8 Å². The lowest BCUT2D eigenvalue weighted by Gasteiger charge is -2.36. The summed E-state index contributed by atoms with van der Waals surface area (Å²) in [7, 11) is 0. The van der Waals surface area contributed by atoms with Crippen molar-refractivity contribution < 1.29 is 14.4 Å². The number of nitrogens with zero attached hydrogens (tertiary/aromatic N) is 2. The Morgan fingerprint density at radius 3 is 2.11 bits per heavy atom. The molecule has 4 aromatic rings. The topological polar surface area (TPSA) is 76.9 Å². The van der Waals surface area contributed by atoms with Crippen molar-refractivity contribution in [1.29, 1.82) is 0 Å². The normalized spacial score (nSPS) is 13.6. The van der Waals surface area contributed by atoms with Crippen LogP contribution in [0.2, 0.25) is 0 Å². The first kappa shape index (κ1) is 37.8. The van der Waals surface area contributed by atoms with Crippen molar-refractivity contribution in [3.63, 3.8) is 0 Å². The molecule has 1 aliphatic carbocycles. The van der Waals surface area contributed by atoms with E-state index in [1.54, 1.807) is 12.1 Å². The van der Waals surface area contributed by atoms with E-state index in [0.717, 1.165) is 73.4 Å². The molecule has 1 N–H and O–H groups in total. The molecule has 4 aromatic carbocycles. The maximum atomic E-state index is 11.0. The fraction of sp³-hybridized carbons (Fsp3) is 0.368. The summed E-state index contributed by atoms with van der Waals surface area (Å²) in [6.07, 6.45) is 8.53. The van der Waals surface area contributed by atoms with Gasteiger partial charge in [-0.2, -0.15) is 0 Å². The number of rotatable bonds is 17. The monoisotopic (exact) mass is 679 g/mol. The van der Waals surface area contributed by atoms with E-state index in [4.69, 9.17) is 9.47 Å². The molecule has 1 unspecified atom stereocenters. The molecule has 47 heavy (non-hydrogen) atoms. The molecule has 0 heterocycles. The van der Waals surface area contributed by atoms with Crippen LogP contribution in [0.25, 0.3) is 0 Å². The molecule has 0 spiro atoms. The molecule has 0 radical (unpaired) electrons. The number of unbranched alkanes of at least 4 members (excludes halogenated alkanes) is 3. The third-order valence-electron chi connectivity index (χ3n) is 8.54. The van der Waals surface area contributed by atoms with Crippen LogP contribution in [-0.2, 0) is 32.5 Å². The molecule has 0 saturated heterocycles. The summed E-state index contributed by atoms with van der Waals surface area (Å²) in [6, 6.07) is 32.1. The fourth-order valence-corrected chi connectivity index (χ4v) is 6.01. The van der Waals surface area contributed by atoms with Gasteiger partial charge < -0.3 is 9.47 Å². The Balaban J connectivity index is 0.00000300. The zero-order chi connectivity index (χ0) is 31.3. The second-order valence-corrected chi connectivity index (χ2v) is 11.8. The van der Waals surface area contributed by atoms with Crippen molar-refractivity contribution in [1.82, 2.24) is 10.4 Å². The summed E-state index contributed by atoms with van der Waals surface area (Å²) in [5, 5.41) is 13.5. The van der Waals surface area contributed by atoms with Gasteiger partial charge >= 0.3 is 0 Å². The van der Waals surface area contributed by atoms with Crippen LogP contribution >= 0.6 is 24.8 Å². The largest absolute Gasteiger partial charge is 0.485 e. The number of ether oxygens (including phenoxy) is 2. The first-order valence-corrected chi connectivity index (χ1v) is 16.3. The number of halogens is 2. The highest BCUT2D eigenvalue weighted by Crippen LogP contribution is 2.39. The Morgan fingerprint density at radius 1 is 0.809 bits per heavy atom. The van der Waals surface area contributed by atoms with Crippen molar-refractivity contribution >= 4 is 30.5 Å². The maximum absolute atomic E-state index is 11.0. The molecular weight excluding hydrogens is 633 g/mol. The second kappa shape index (κ2) is 19.9. The summed E-state index contributed by atoms with van der Waals surface area (Å²) in [6.45, 7) is 5.01. The summed E-state index contributed by atoms with van der Waals surface area (Å²) >= 11 is 0. The summed E-state index contributed by atoms with van der Waals surface area (Å²) < 4.78 is 12.9. The van der Waals surface area contributed by atoms with Crippen LogP contribution in [-0.4, -0.2) is 29.1 Å². The van der Waals surface area contributed by atoms with E-state index < -0.39 is 0 Å². The third-order valence-corrected chi connectivity index (χ3v) is 8.54. The number of hydrogen-bond acceptors (Lipinski definition) is 6. The smallest absolute Gasteiger partial charge is 0.269 e. The van der Waals surface area contributed by atoms with E-state index in [0.29, 0.717) is 19.3 Å². The van der Waals surface area contributed by atoms with Gasteiger partial charge in [0, 0.05) is 36.8 Å². The molecule has 0 aliphatic heterocycles. The van der Waals surface area contributed by atoms with Crippen molar-refractivity contribution in [2.75, 3.05) is 13.1 Å². The third kappa shape index (κ3) is 11.2. The quantitative estimate of drug-likeness (QED) is 0.0682. The Morgan fingerprint density at radius 2 is 1.47 bits per heavy atom. The molecule has 0 fully saturated rings. The van der Waals surface area contributed by atoms with Gasteiger partial charge in [0.05, 0.1) is 4.92 Å². The average Bonchev–Trinajstić information content (AvgIpc) is 3.08. The van der Waals surface area contributed by atoms with Gasteiger partial charge in [-0.25, -0.2) is 5.01 Å². The summed E-state index contributed by atoms with van der Waals surface area (Å²) in [5.74, 6) is 1.66. The van der Waals surface area contributed by atoms with Gasteiger partial charge in [0.1, 0.15) is 13.2 Å². The van der Waals surface area contributed by atoms with Crippen molar-refractivity contribution in [2.45, 2.75) is 77.5 Å². The van der Waals surface area contributed by atoms with Crippen LogP contribution in [0, 0.1) is 10.1 Å². The number of benzene rings is 4.